The summed E-state index contributed by atoms with van der Waals surface area (Å²) in [4.78, 5) is 22.9. The van der Waals surface area contributed by atoms with E-state index in [4.69, 9.17) is 0 Å². The van der Waals surface area contributed by atoms with Crippen LogP contribution in [-0.4, -0.2) is 32.6 Å². The Morgan fingerprint density at radius 3 is 2.57 bits per heavy atom. The number of hydrogen-bond donors (Lipinski definition) is 2. The zero-order valence-electron chi connectivity index (χ0n) is 12.3. The van der Waals surface area contributed by atoms with Crippen molar-refractivity contribution in [3.63, 3.8) is 0 Å². The second-order valence-corrected chi connectivity index (χ2v) is 5.58. The van der Waals surface area contributed by atoms with E-state index in [1.165, 1.54) is 12.3 Å². The van der Waals surface area contributed by atoms with Crippen LogP contribution in [0.1, 0.15) is 56.1 Å². The SMILES string of the molecule is CCC(CC)(CO)NC(=O)c1cc([N+](=O)[O-])cn1C1CC1. The molecule has 1 saturated carbocycles. The lowest BCUT2D eigenvalue weighted by molar-refractivity contribution is -0.384. The third-order valence-corrected chi connectivity index (χ3v) is 4.25. The van der Waals surface area contributed by atoms with Crippen molar-refractivity contribution in [2.24, 2.45) is 0 Å². The molecular weight excluding hydrogens is 274 g/mol. The Kier molecular flexibility index (Phi) is 4.32. The highest BCUT2D eigenvalue weighted by atomic mass is 16.6. The fraction of sp³-hybridized carbons (Fsp3) is 0.643. The summed E-state index contributed by atoms with van der Waals surface area (Å²) in [6.45, 7) is 3.63. The molecule has 1 aromatic heterocycles. The quantitative estimate of drug-likeness (QED) is 0.594. The molecule has 1 heterocycles. The minimum Gasteiger partial charge on any atom is -0.394 e. The lowest BCUT2D eigenvalue weighted by atomic mass is 9.93. The molecular formula is C14H21N3O4. The van der Waals surface area contributed by atoms with Gasteiger partial charge in [-0.05, 0) is 25.7 Å². The predicted octanol–water partition coefficient (Wildman–Crippen LogP) is 2.01. The van der Waals surface area contributed by atoms with Crippen molar-refractivity contribution in [2.75, 3.05) is 6.61 Å². The molecule has 0 saturated heterocycles. The predicted molar refractivity (Wildman–Crippen MR) is 77.2 cm³/mol. The molecule has 0 spiro atoms. The molecule has 1 fully saturated rings. The second kappa shape index (κ2) is 5.85. The van der Waals surface area contributed by atoms with Gasteiger partial charge in [-0.1, -0.05) is 13.8 Å². The molecule has 1 aliphatic carbocycles. The zero-order valence-corrected chi connectivity index (χ0v) is 12.3. The average molecular weight is 295 g/mol. The molecule has 0 unspecified atom stereocenters. The van der Waals surface area contributed by atoms with E-state index in [1.807, 2.05) is 13.8 Å². The van der Waals surface area contributed by atoms with Gasteiger partial charge in [0.05, 0.1) is 23.3 Å². The van der Waals surface area contributed by atoms with Crippen LogP contribution < -0.4 is 5.32 Å². The normalized spacial score (nSPS) is 15.0. The smallest absolute Gasteiger partial charge is 0.287 e. The summed E-state index contributed by atoms with van der Waals surface area (Å²) >= 11 is 0. The zero-order chi connectivity index (χ0) is 15.6. The number of amides is 1. The first-order valence-corrected chi connectivity index (χ1v) is 7.26. The van der Waals surface area contributed by atoms with Crippen molar-refractivity contribution in [3.05, 3.63) is 28.1 Å². The molecule has 1 aromatic rings. The molecule has 1 amide bonds. The first-order chi connectivity index (χ1) is 9.96. The number of nitrogens with one attached hydrogen (secondary N) is 1. The number of nitro groups is 1. The third-order valence-electron chi connectivity index (χ3n) is 4.25. The van der Waals surface area contributed by atoms with Crippen molar-refractivity contribution < 1.29 is 14.8 Å². The fourth-order valence-electron chi connectivity index (χ4n) is 2.40. The molecule has 21 heavy (non-hydrogen) atoms. The van der Waals surface area contributed by atoms with E-state index in [9.17, 15) is 20.0 Å². The Hall–Kier alpha value is -1.89. The van der Waals surface area contributed by atoms with Crippen LogP contribution in [0.4, 0.5) is 5.69 Å². The highest BCUT2D eigenvalue weighted by Gasteiger charge is 2.33. The van der Waals surface area contributed by atoms with Gasteiger partial charge >= 0.3 is 0 Å². The van der Waals surface area contributed by atoms with Crippen molar-refractivity contribution in [1.29, 1.82) is 0 Å². The minimum atomic E-state index is -0.676. The number of nitrogens with zero attached hydrogens (tertiary/aromatic N) is 2. The number of carbonyl (C=O) groups is 1. The van der Waals surface area contributed by atoms with Crippen molar-refractivity contribution >= 4 is 11.6 Å². The van der Waals surface area contributed by atoms with Crippen molar-refractivity contribution in [2.45, 2.75) is 51.1 Å². The number of rotatable bonds is 7. The van der Waals surface area contributed by atoms with Crippen LogP contribution in [0.15, 0.2) is 12.3 Å². The Morgan fingerprint density at radius 2 is 2.14 bits per heavy atom. The maximum Gasteiger partial charge on any atom is 0.287 e. The average Bonchev–Trinajstić information content (AvgIpc) is 3.22. The highest BCUT2D eigenvalue weighted by Crippen LogP contribution is 2.38. The van der Waals surface area contributed by atoms with Crippen LogP contribution in [0.25, 0.3) is 0 Å². The molecule has 0 aliphatic heterocycles. The van der Waals surface area contributed by atoms with Gasteiger partial charge in [0.25, 0.3) is 11.6 Å². The van der Waals surface area contributed by atoms with E-state index in [-0.39, 0.29) is 24.2 Å². The Bertz CT molecular complexity index is 536. The van der Waals surface area contributed by atoms with Gasteiger partial charge in [0, 0.05) is 12.1 Å². The van der Waals surface area contributed by atoms with Crippen LogP contribution in [0.2, 0.25) is 0 Å². The second-order valence-electron chi connectivity index (χ2n) is 5.58. The maximum absolute atomic E-state index is 12.5. The van der Waals surface area contributed by atoms with Crippen molar-refractivity contribution in [3.8, 4) is 0 Å². The van der Waals surface area contributed by atoms with E-state index in [1.54, 1.807) is 4.57 Å². The molecule has 2 rings (SSSR count). The summed E-state index contributed by atoms with van der Waals surface area (Å²) in [7, 11) is 0. The molecule has 1 aliphatic rings. The number of aliphatic hydroxyl groups is 1. The van der Waals surface area contributed by atoms with E-state index < -0.39 is 10.5 Å². The molecule has 0 atom stereocenters. The largest absolute Gasteiger partial charge is 0.394 e. The molecule has 0 bridgehead atoms. The van der Waals surface area contributed by atoms with Gasteiger partial charge in [0.15, 0.2) is 0 Å². The monoisotopic (exact) mass is 295 g/mol. The van der Waals surface area contributed by atoms with Gasteiger partial charge in [-0.3, -0.25) is 14.9 Å². The van der Waals surface area contributed by atoms with Gasteiger partial charge in [-0.15, -0.1) is 0 Å². The van der Waals surface area contributed by atoms with E-state index in [2.05, 4.69) is 5.32 Å². The lowest BCUT2D eigenvalue weighted by Crippen LogP contribution is -2.50. The van der Waals surface area contributed by atoms with E-state index >= 15 is 0 Å². The molecule has 0 radical (unpaired) electrons. The first-order valence-electron chi connectivity index (χ1n) is 7.26. The summed E-state index contributed by atoms with van der Waals surface area (Å²) in [5.74, 6) is -0.368. The Morgan fingerprint density at radius 1 is 1.52 bits per heavy atom. The Labute approximate surface area is 123 Å². The van der Waals surface area contributed by atoms with Crippen LogP contribution in [0, 0.1) is 10.1 Å². The topological polar surface area (TPSA) is 97.4 Å². The van der Waals surface area contributed by atoms with Crippen LogP contribution in [0.3, 0.4) is 0 Å². The molecule has 7 heteroatoms. The number of aliphatic hydroxyl groups excluding tert-OH is 1. The molecule has 2 N–H and O–H groups in total. The molecule has 7 nitrogen and oxygen atoms in total. The van der Waals surface area contributed by atoms with Gasteiger partial charge in [0.1, 0.15) is 5.69 Å². The number of aromatic nitrogens is 1. The highest BCUT2D eigenvalue weighted by molar-refractivity contribution is 5.94. The van der Waals surface area contributed by atoms with E-state index in [0.717, 1.165) is 12.8 Å². The summed E-state index contributed by atoms with van der Waals surface area (Å²) in [5.41, 5.74) is -0.455. The van der Waals surface area contributed by atoms with Gasteiger partial charge in [-0.2, -0.15) is 0 Å². The van der Waals surface area contributed by atoms with Crippen LogP contribution in [0.5, 0.6) is 0 Å². The van der Waals surface area contributed by atoms with Gasteiger partial charge in [-0.25, -0.2) is 0 Å². The number of hydrogen-bond acceptors (Lipinski definition) is 4. The molecule has 116 valence electrons. The number of carbonyl (C=O) groups excluding carboxylic acids is 1. The first kappa shape index (κ1) is 15.5. The minimum absolute atomic E-state index is 0.0744. The van der Waals surface area contributed by atoms with Crippen LogP contribution >= 0.6 is 0 Å². The standard InChI is InChI=1S/C14H21N3O4/c1-3-14(4-2,9-18)15-13(19)12-7-11(17(20)21)8-16(12)10-5-6-10/h7-8,10,18H,3-6,9H2,1-2H3,(H,15,19). The van der Waals surface area contributed by atoms with E-state index in [0.29, 0.717) is 18.5 Å². The third kappa shape index (κ3) is 3.07. The summed E-state index contributed by atoms with van der Waals surface area (Å²) in [6.07, 6.45) is 4.47. The fourth-order valence-corrected chi connectivity index (χ4v) is 2.40. The summed E-state index contributed by atoms with van der Waals surface area (Å²) in [5, 5.41) is 23.3. The van der Waals surface area contributed by atoms with Crippen molar-refractivity contribution in [1.82, 2.24) is 9.88 Å². The Balaban J connectivity index is 2.28. The summed E-state index contributed by atoms with van der Waals surface area (Å²) in [6, 6.07) is 1.48. The van der Waals surface area contributed by atoms with Gasteiger partial charge in [0.2, 0.25) is 0 Å². The van der Waals surface area contributed by atoms with Crippen LogP contribution in [-0.2, 0) is 0 Å². The lowest BCUT2D eigenvalue weighted by Gasteiger charge is -2.30. The summed E-state index contributed by atoms with van der Waals surface area (Å²) < 4.78 is 1.68. The van der Waals surface area contributed by atoms with Gasteiger partial charge < -0.3 is 15.0 Å². The molecule has 0 aromatic carbocycles. The maximum atomic E-state index is 12.5.